The Morgan fingerprint density at radius 3 is 2.55 bits per heavy atom. The van der Waals surface area contributed by atoms with Crippen LogP contribution in [0.4, 0.5) is 0 Å². The molecule has 3 atom stereocenters. The van der Waals surface area contributed by atoms with Crippen molar-refractivity contribution in [1.82, 2.24) is 9.80 Å². The molecule has 174 valence electrons. The van der Waals surface area contributed by atoms with E-state index in [1.807, 2.05) is 60.4 Å². The molecule has 7 heteroatoms. The summed E-state index contributed by atoms with van der Waals surface area (Å²) in [6.45, 7) is 3.32. The summed E-state index contributed by atoms with van der Waals surface area (Å²) in [5.74, 6) is -1.18. The number of amides is 1. The van der Waals surface area contributed by atoms with Crippen LogP contribution >= 0.6 is 0 Å². The average Bonchev–Trinajstić information content (AvgIpc) is 3.43. The minimum absolute atomic E-state index is 0.0124. The predicted molar refractivity (Wildman–Crippen MR) is 125 cm³/mol. The molecule has 2 heterocycles. The summed E-state index contributed by atoms with van der Waals surface area (Å²) in [4.78, 5) is 29.2. The van der Waals surface area contributed by atoms with Gasteiger partial charge in [-0.15, -0.1) is 0 Å². The molecule has 33 heavy (non-hydrogen) atoms. The van der Waals surface area contributed by atoms with Gasteiger partial charge in [0.1, 0.15) is 11.3 Å². The van der Waals surface area contributed by atoms with Gasteiger partial charge >= 0.3 is 5.97 Å². The summed E-state index contributed by atoms with van der Waals surface area (Å²) in [5, 5.41) is 11.3. The molecule has 1 amide bonds. The third-order valence-electron chi connectivity index (χ3n) is 6.57. The molecule has 0 radical (unpaired) electrons. The molecule has 0 saturated carbocycles. The van der Waals surface area contributed by atoms with Crippen LogP contribution in [0.1, 0.15) is 36.4 Å². The number of likely N-dealkylation sites (tertiary alicyclic amines) is 1. The summed E-state index contributed by atoms with van der Waals surface area (Å²) < 4.78 is 10.8. The van der Waals surface area contributed by atoms with Crippen molar-refractivity contribution in [3.8, 4) is 5.75 Å². The highest BCUT2D eigenvalue weighted by Crippen LogP contribution is 2.46. The first kappa shape index (κ1) is 22.9. The van der Waals surface area contributed by atoms with Crippen molar-refractivity contribution in [1.29, 1.82) is 0 Å². The number of fused-ring (bicyclic) bond motifs is 1. The van der Waals surface area contributed by atoms with Crippen LogP contribution < -0.4 is 4.74 Å². The van der Waals surface area contributed by atoms with E-state index in [1.165, 1.54) is 0 Å². The van der Waals surface area contributed by atoms with Gasteiger partial charge in [-0.1, -0.05) is 31.2 Å². The highest BCUT2D eigenvalue weighted by molar-refractivity contribution is 5.80. The maximum atomic E-state index is 12.9. The van der Waals surface area contributed by atoms with E-state index in [-0.39, 0.29) is 18.4 Å². The Kier molecular flexibility index (Phi) is 6.70. The van der Waals surface area contributed by atoms with Crippen LogP contribution in [0.5, 0.6) is 5.75 Å². The van der Waals surface area contributed by atoms with Crippen LogP contribution in [-0.4, -0.2) is 60.6 Å². The molecule has 1 aliphatic rings. The molecule has 0 spiro atoms. The molecule has 4 rings (SSSR count). The Bertz CT molecular complexity index is 1120. The first-order valence-electron chi connectivity index (χ1n) is 11.2. The highest BCUT2D eigenvalue weighted by atomic mass is 16.5. The van der Waals surface area contributed by atoms with Gasteiger partial charge in [-0.05, 0) is 41.8 Å². The number of aliphatic carboxylic acids is 1. The van der Waals surface area contributed by atoms with E-state index in [2.05, 4.69) is 0 Å². The van der Waals surface area contributed by atoms with Gasteiger partial charge in [0.05, 0.1) is 25.8 Å². The molecule has 7 nitrogen and oxygen atoms in total. The van der Waals surface area contributed by atoms with Crippen molar-refractivity contribution >= 4 is 22.8 Å². The SMILES string of the molecule is CCCN(C)C(=O)CN1CC(c2ccc3ccoc3c2)C(C(=O)O)C1c1ccc(OC)cc1. The van der Waals surface area contributed by atoms with Gasteiger partial charge < -0.3 is 19.2 Å². The topological polar surface area (TPSA) is 83.2 Å². The second kappa shape index (κ2) is 9.67. The zero-order valence-corrected chi connectivity index (χ0v) is 19.2. The number of methoxy groups -OCH3 is 1. The zero-order chi connectivity index (χ0) is 23.5. The standard InChI is InChI=1S/C26H30N2O5/c1-4-12-27(2)23(29)16-28-15-21(19-6-5-17-11-13-33-22(17)14-19)24(26(30)31)25(28)18-7-9-20(32-3)10-8-18/h5-11,13-14,21,24-25H,4,12,15-16H2,1-3H3,(H,30,31). The Labute approximate surface area is 193 Å². The van der Waals surface area contributed by atoms with Crippen molar-refractivity contribution in [3.63, 3.8) is 0 Å². The number of carbonyl (C=O) groups excluding carboxylic acids is 1. The Morgan fingerprint density at radius 1 is 1.15 bits per heavy atom. The second-order valence-electron chi connectivity index (χ2n) is 8.65. The van der Waals surface area contributed by atoms with Gasteiger partial charge in [0.25, 0.3) is 0 Å². The van der Waals surface area contributed by atoms with Crippen molar-refractivity contribution in [3.05, 3.63) is 65.9 Å². The number of benzene rings is 2. The highest BCUT2D eigenvalue weighted by Gasteiger charge is 2.48. The molecule has 1 fully saturated rings. The number of rotatable bonds is 8. The van der Waals surface area contributed by atoms with Gasteiger partial charge in [0.2, 0.25) is 5.91 Å². The fourth-order valence-corrected chi connectivity index (χ4v) is 4.89. The first-order chi connectivity index (χ1) is 15.9. The summed E-state index contributed by atoms with van der Waals surface area (Å²) in [6, 6.07) is 14.8. The smallest absolute Gasteiger partial charge is 0.309 e. The van der Waals surface area contributed by atoms with Crippen LogP contribution in [0, 0.1) is 5.92 Å². The molecular formula is C26H30N2O5. The lowest BCUT2D eigenvalue weighted by atomic mass is 9.82. The average molecular weight is 451 g/mol. The number of hydrogen-bond acceptors (Lipinski definition) is 5. The van der Waals surface area contributed by atoms with Crippen LogP contribution in [0.2, 0.25) is 0 Å². The lowest BCUT2D eigenvalue weighted by Gasteiger charge is -2.28. The molecule has 1 saturated heterocycles. The second-order valence-corrected chi connectivity index (χ2v) is 8.65. The summed E-state index contributed by atoms with van der Waals surface area (Å²) in [6.07, 6.45) is 2.50. The molecule has 1 N–H and O–H groups in total. The molecule has 2 aromatic carbocycles. The number of carboxylic acid groups (broad SMARTS) is 1. The molecular weight excluding hydrogens is 420 g/mol. The van der Waals surface area contributed by atoms with E-state index in [0.29, 0.717) is 18.8 Å². The molecule has 3 unspecified atom stereocenters. The van der Waals surface area contributed by atoms with Crippen molar-refractivity contribution in [2.45, 2.75) is 25.3 Å². The summed E-state index contributed by atoms with van der Waals surface area (Å²) >= 11 is 0. The molecule has 1 aliphatic heterocycles. The molecule has 1 aromatic heterocycles. The minimum Gasteiger partial charge on any atom is -0.497 e. The van der Waals surface area contributed by atoms with Crippen LogP contribution in [0.25, 0.3) is 11.0 Å². The van der Waals surface area contributed by atoms with Crippen molar-refractivity contribution < 1.29 is 23.8 Å². The van der Waals surface area contributed by atoms with Crippen molar-refractivity contribution in [2.75, 3.05) is 33.8 Å². The van der Waals surface area contributed by atoms with Gasteiger partial charge in [0.15, 0.2) is 0 Å². The largest absolute Gasteiger partial charge is 0.497 e. The van der Waals surface area contributed by atoms with E-state index >= 15 is 0 Å². The van der Waals surface area contributed by atoms with E-state index in [9.17, 15) is 14.7 Å². The third-order valence-corrected chi connectivity index (χ3v) is 6.57. The normalized spacial score (nSPS) is 20.8. The number of nitrogens with zero attached hydrogens (tertiary/aromatic N) is 2. The van der Waals surface area contributed by atoms with E-state index < -0.39 is 17.9 Å². The number of hydrogen-bond donors (Lipinski definition) is 1. The van der Waals surface area contributed by atoms with E-state index in [1.54, 1.807) is 25.3 Å². The van der Waals surface area contributed by atoms with Crippen LogP contribution in [0.15, 0.2) is 59.2 Å². The lowest BCUT2D eigenvalue weighted by molar-refractivity contribution is -0.143. The van der Waals surface area contributed by atoms with Crippen LogP contribution in [-0.2, 0) is 9.59 Å². The lowest BCUT2D eigenvalue weighted by Crippen LogP contribution is -2.39. The van der Waals surface area contributed by atoms with E-state index in [4.69, 9.17) is 9.15 Å². The number of likely N-dealkylation sites (N-methyl/N-ethyl adjacent to an activating group) is 1. The fraction of sp³-hybridized carbons (Fsp3) is 0.385. The number of furan rings is 1. The number of carboxylic acids is 1. The fourth-order valence-electron chi connectivity index (χ4n) is 4.89. The summed E-state index contributed by atoms with van der Waals surface area (Å²) in [7, 11) is 3.39. The molecule has 3 aromatic rings. The molecule has 0 bridgehead atoms. The van der Waals surface area contributed by atoms with Gasteiger partial charge in [0, 0.05) is 37.5 Å². The Hall–Kier alpha value is -3.32. The minimum atomic E-state index is -0.878. The predicted octanol–water partition coefficient (Wildman–Crippen LogP) is 4.15. The van der Waals surface area contributed by atoms with Gasteiger partial charge in [-0.2, -0.15) is 0 Å². The van der Waals surface area contributed by atoms with E-state index in [0.717, 1.165) is 28.5 Å². The Balaban J connectivity index is 1.73. The maximum Gasteiger partial charge on any atom is 0.309 e. The Morgan fingerprint density at radius 2 is 1.88 bits per heavy atom. The monoisotopic (exact) mass is 450 g/mol. The zero-order valence-electron chi connectivity index (χ0n) is 19.2. The number of ether oxygens (including phenoxy) is 1. The van der Waals surface area contributed by atoms with Gasteiger partial charge in [-0.3, -0.25) is 14.5 Å². The first-order valence-corrected chi connectivity index (χ1v) is 11.2. The van der Waals surface area contributed by atoms with Crippen LogP contribution in [0.3, 0.4) is 0 Å². The summed E-state index contributed by atoms with van der Waals surface area (Å²) in [5.41, 5.74) is 2.49. The maximum absolute atomic E-state index is 12.9. The van der Waals surface area contributed by atoms with Crippen molar-refractivity contribution in [2.24, 2.45) is 5.92 Å². The van der Waals surface area contributed by atoms with Gasteiger partial charge in [-0.25, -0.2) is 0 Å². The number of carbonyl (C=O) groups is 2. The quantitative estimate of drug-likeness (QED) is 0.555. The molecule has 0 aliphatic carbocycles. The third kappa shape index (κ3) is 4.59.